The van der Waals surface area contributed by atoms with Crippen LogP contribution in [-0.4, -0.2) is 33.6 Å². The molecule has 0 aliphatic carbocycles. The van der Waals surface area contributed by atoms with E-state index in [1.54, 1.807) is 0 Å². The van der Waals surface area contributed by atoms with Gasteiger partial charge in [0.1, 0.15) is 0 Å². The Morgan fingerprint density at radius 2 is 2.33 bits per heavy atom. The van der Waals surface area contributed by atoms with Crippen molar-refractivity contribution in [3.8, 4) is 0 Å². The molecule has 0 aromatic heterocycles. The molecule has 0 heterocycles. The molecule has 0 aliphatic heterocycles. The molecule has 0 N–H and O–H groups in total. The molecule has 34 valence electrons. The SMILES string of the molecule is O=S([O-])O[O][In]. The second kappa shape index (κ2) is 4.07. The van der Waals surface area contributed by atoms with Crippen molar-refractivity contribution in [3.63, 3.8) is 0 Å². The summed E-state index contributed by atoms with van der Waals surface area (Å²) in [5, 5.41) is 0. The summed E-state index contributed by atoms with van der Waals surface area (Å²) >= 11 is -2.18. The molecule has 4 nitrogen and oxygen atoms in total. The molecule has 0 saturated heterocycles. The van der Waals surface area contributed by atoms with Crippen LogP contribution in [0.5, 0.6) is 0 Å². The van der Waals surface area contributed by atoms with Crippen LogP contribution >= 0.6 is 0 Å². The summed E-state index contributed by atoms with van der Waals surface area (Å²) in [6.45, 7) is 0. The van der Waals surface area contributed by atoms with Gasteiger partial charge in [0.15, 0.2) is 0 Å². The van der Waals surface area contributed by atoms with Gasteiger partial charge in [-0.05, 0) is 0 Å². The van der Waals surface area contributed by atoms with E-state index in [0.29, 0.717) is 24.8 Å². The summed E-state index contributed by atoms with van der Waals surface area (Å²) in [5.74, 6) is 0. The van der Waals surface area contributed by atoms with Gasteiger partial charge in [-0.25, -0.2) is 0 Å². The average Bonchev–Trinajstić information content (AvgIpc) is 1.35. The maximum atomic E-state index is 9.27. The predicted molar refractivity (Wildman–Crippen MR) is 16.8 cm³/mol. The van der Waals surface area contributed by atoms with Crippen molar-refractivity contribution >= 4 is 36.2 Å². The average molecular weight is 211 g/mol. The van der Waals surface area contributed by atoms with Crippen molar-refractivity contribution in [1.29, 1.82) is 0 Å². The summed E-state index contributed by atoms with van der Waals surface area (Å²) in [6.07, 6.45) is 0. The first-order chi connectivity index (χ1) is 2.77. The zero-order valence-corrected chi connectivity index (χ0v) is 6.73. The normalized spacial score (nSPS) is 14.2. The third-order valence-corrected chi connectivity index (χ3v) is 0.957. The molecule has 2 radical (unpaired) electrons. The molecule has 0 aromatic rings. The van der Waals surface area contributed by atoms with Crippen molar-refractivity contribution < 1.29 is 16.1 Å². The fraction of sp³-hybridized carbons (Fsp3) is 0. The maximum absolute atomic E-state index is 9.27. The molecule has 0 saturated carbocycles. The minimum absolute atomic E-state index is 0.325. The Morgan fingerprint density at radius 3 is 2.33 bits per heavy atom. The first-order valence-corrected chi connectivity index (χ1v) is 3.25. The van der Waals surface area contributed by atoms with Gasteiger partial charge in [0, 0.05) is 0 Å². The topological polar surface area (TPSA) is 58.6 Å². The number of rotatable bonds is 2. The van der Waals surface area contributed by atoms with E-state index in [1.807, 2.05) is 0 Å². The van der Waals surface area contributed by atoms with Crippen LogP contribution in [0, 0.1) is 0 Å². The molecule has 0 fully saturated rings. The second-order valence-electron chi connectivity index (χ2n) is 0.368. The van der Waals surface area contributed by atoms with Crippen LogP contribution in [0.15, 0.2) is 0 Å². The van der Waals surface area contributed by atoms with Crippen molar-refractivity contribution in [2.75, 3.05) is 0 Å². The minimum atomic E-state index is -2.51. The van der Waals surface area contributed by atoms with Gasteiger partial charge >= 0.3 is 52.3 Å². The Hall–Kier alpha value is 0.900. The van der Waals surface area contributed by atoms with Gasteiger partial charge in [0.2, 0.25) is 0 Å². The molecule has 0 bridgehead atoms. The van der Waals surface area contributed by atoms with Crippen molar-refractivity contribution in [2.24, 2.45) is 0 Å². The quantitative estimate of drug-likeness (QED) is 0.327. The molecule has 0 aliphatic rings. The molecular weight excluding hydrogens is 211 g/mol. The van der Waals surface area contributed by atoms with Crippen LogP contribution in [0.1, 0.15) is 0 Å². The molecule has 0 aromatic carbocycles. The Balaban J connectivity index is 2.83. The van der Waals surface area contributed by atoms with Gasteiger partial charge < -0.3 is 0 Å². The zero-order chi connectivity index (χ0) is 4.99. The van der Waals surface area contributed by atoms with E-state index < -0.39 is 11.4 Å². The first-order valence-electron chi connectivity index (χ1n) is 0.902. The summed E-state index contributed by atoms with van der Waals surface area (Å²) < 4.78 is 25.9. The monoisotopic (exact) mass is 211 g/mol. The van der Waals surface area contributed by atoms with Crippen LogP contribution in [0.25, 0.3) is 0 Å². The van der Waals surface area contributed by atoms with E-state index in [1.165, 1.54) is 0 Å². The summed E-state index contributed by atoms with van der Waals surface area (Å²) in [5.41, 5.74) is 0. The van der Waals surface area contributed by atoms with Gasteiger partial charge in [-0.15, -0.1) is 0 Å². The number of hydrogen-bond acceptors (Lipinski definition) is 4. The molecule has 0 rings (SSSR count). The van der Waals surface area contributed by atoms with E-state index in [0.717, 1.165) is 0 Å². The van der Waals surface area contributed by atoms with Gasteiger partial charge in [0.05, 0.1) is 0 Å². The van der Waals surface area contributed by atoms with E-state index in [-0.39, 0.29) is 0 Å². The Labute approximate surface area is 52.4 Å². The molecule has 1 atom stereocenters. The Bertz CT molecular complexity index is 51.5. The molecule has 1 unspecified atom stereocenters. The van der Waals surface area contributed by atoms with Gasteiger partial charge in [-0.1, -0.05) is 0 Å². The van der Waals surface area contributed by atoms with Crippen molar-refractivity contribution in [3.05, 3.63) is 0 Å². The van der Waals surface area contributed by atoms with Crippen LogP contribution in [0.2, 0.25) is 0 Å². The van der Waals surface area contributed by atoms with Crippen LogP contribution in [0.4, 0.5) is 0 Å². The zero-order valence-electron chi connectivity index (χ0n) is 2.62. The van der Waals surface area contributed by atoms with Crippen molar-refractivity contribution in [2.45, 2.75) is 0 Å². The fourth-order valence-corrected chi connectivity index (χ4v) is 0.645. The predicted octanol–water partition coefficient (Wildman–Crippen LogP) is -1.19. The second-order valence-corrected chi connectivity index (χ2v) is 1.46. The van der Waals surface area contributed by atoms with Crippen molar-refractivity contribution in [1.82, 2.24) is 0 Å². The molecule has 6 heteroatoms. The first kappa shape index (κ1) is 6.90. The van der Waals surface area contributed by atoms with Gasteiger partial charge in [-0.2, -0.15) is 0 Å². The van der Waals surface area contributed by atoms with E-state index >= 15 is 0 Å². The number of hydrogen-bond donors (Lipinski definition) is 0. The summed E-state index contributed by atoms with van der Waals surface area (Å²) in [7, 11) is 0. The molecule has 6 heavy (non-hydrogen) atoms. The van der Waals surface area contributed by atoms with E-state index in [2.05, 4.69) is 7.34 Å². The molecular formula is InO4S-. The van der Waals surface area contributed by atoms with Crippen LogP contribution in [-0.2, 0) is 18.7 Å². The fourth-order valence-electron chi connectivity index (χ4n) is 0.0321. The molecule has 0 spiro atoms. The van der Waals surface area contributed by atoms with Gasteiger partial charge in [0.25, 0.3) is 0 Å². The van der Waals surface area contributed by atoms with E-state index in [4.69, 9.17) is 0 Å². The third-order valence-electron chi connectivity index (χ3n) is 0.0948. The van der Waals surface area contributed by atoms with Crippen LogP contribution < -0.4 is 0 Å². The molecule has 0 amide bonds. The Morgan fingerprint density at radius 1 is 1.83 bits per heavy atom. The third kappa shape index (κ3) is 4.90. The standard InChI is InChI=1S/In.H2O4S/c;1-4-5(2)3/h;1H,(H,2,3)/q+1;/p-2. The summed E-state index contributed by atoms with van der Waals surface area (Å²) in [4.78, 5) is 0. The van der Waals surface area contributed by atoms with Gasteiger partial charge in [-0.3, -0.25) is 0 Å². The van der Waals surface area contributed by atoms with E-state index in [9.17, 15) is 8.76 Å². The van der Waals surface area contributed by atoms with Crippen LogP contribution in [0.3, 0.4) is 0 Å². The Kier molecular flexibility index (Phi) is 4.68. The summed E-state index contributed by atoms with van der Waals surface area (Å²) in [6, 6.07) is 0.